The number of benzene rings is 2. The van der Waals surface area contributed by atoms with E-state index in [4.69, 9.17) is 4.74 Å². The van der Waals surface area contributed by atoms with E-state index in [1.165, 1.54) is 39.0 Å². The molecule has 6 N–H and O–H groups in total. The topological polar surface area (TPSA) is 165 Å². The molecule has 2 aliphatic rings. The molecule has 43 heavy (non-hydrogen) atoms. The summed E-state index contributed by atoms with van der Waals surface area (Å²) in [5.74, 6) is -1.49. The monoisotopic (exact) mass is 601 g/mol. The summed E-state index contributed by atoms with van der Waals surface area (Å²) in [4.78, 5) is 37.8. The standard InChI is InChI=1S/C34H45NO7.H2O.2H2/c1-21(38)14-31(40)29(20-37)24(12-13-36)15-23-17-28-26(9-10-30(39)34(28)32(41)18-23)27-16-22(8-11-33(27)42-2)19-35-25-6-4-3-5-7-25;;;/h8-11,16,23-25,29,35-37,39H,3-7,12-15,17-20H2,1-2H3;1H2;2*1H. The molecule has 0 aliphatic heterocycles. The Morgan fingerprint density at radius 3 is 2.47 bits per heavy atom. The first-order valence-corrected chi connectivity index (χ1v) is 15.3. The van der Waals surface area contributed by atoms with Crippen molar-refractivity contribution in [2.45, 2.75) is 83.7 Å². The molecule has 3 unspecified atom stereocenters. The molecular weight excluding hydrogens is 550 g/mol. The maximum absolute atomic E-state index is 13.4. The SMILES string of the molecule is COc1ccc(CNC2CCCCC2)cc1-c1ccc(O)c2c1CC(CC(CCO)C(CO)C(=O)CC(C)=O)CC2=O.O.[HH].[HH]. The summed E-state index contributed by atoms with van der Waals surface area (Å²) in [5, 5.41) is 34.2. The van der Waals surface area contributed by atoms with E-state index in [9.17, 15) is 29.7 Å². The van der Waals surface area contributed by atoms with Crippen molar-refractivity contribution in [1.82, 2.24) is 5.32 Å². The number of phenolic OH excluding ortho intramolecular Hbond substituents is 1. The van der Waals surface area contributed by atoms with Crippen molar-refractivity contribution in [3.8, 4) is 22.6 Å². The minimum Gasteiger partial charge on any atom is -0.507 e. The van der Waals surface area contributed by atoms with Crippen molar-refractivity contribution < 1.29 is 42.8 Å². The number of phenols is 1. The fourth-order valence-corrected chi connectivity index (χ4v) is 6.91. The Morgan fingerprint density at radius 1 is 1.07 bits per heavy atom. The van der Waals surface area contributed by atoms with Gasteiger partial charge in [0.2, 0.25) is 0 Å². The molecule has 0 saturated heterocycles. The van der Waals surface area contributed by atoms with Gasteiger partial charge in [-0.2, -0.15) is 0 Å². The maximum Gasteiger partial charge on any atom is 0.167 e. The van der Waals surface area contributed by atoms with Crippen molar-refractivity contribution in [2.75, 3.05) is 20.3 Å². The smallest absolute Gasteiger partial charge is 0.167 e. The lowest BCUT2D eigenvalue weighted by atomic mass is 9.72. The zero-order chi connectivity index (χ0) is 30.2. The van der Waals surface area contributed by atoms with Crippen LogP contribution in [0, 0.1) is 17.8 Å². The Bertz CT molecular complexity index is 1280. The van der Waals surface area contributed by atoms with E-state index in [0.717, 1.165) is 28.8 Å². The highest BCUT2D eigenvalue weighted by Gasteiger charge is 2.35. The first kappa shape index (κ1) is 34.4. The Labute approximate surface area is 256 Å². The molecule has 4 rings (SSSR count). The highest BCUT2D eigenvalue weighted by molar-refractivity contribution is 6.03. The van der Waals surface area contributed by atoms with Gasteiger partial charge >= 0.3 is 0 Å². The van der Waals surface area contributed by atoms with Gasteiger partial charge in [0.1, 0.15) is 23.1 Å². The van der Waals surface area contributed by atoms with Crippen LogP contribution >= 0.6 is 0 Å². The van der Waals surface area contributed by atoms with Crippen molar-refractivity contribution in [3.63, 3.8) is 0 Å². The lowest BCUT2D eigenvalue weighted by molar-refractivity contribution is -0.131. The second kappa shape index (κ2) is 16.1. The number of ether oxygens (including phenoxy) is 1. The summed E-state index contributed by atoms with van der Waals surface area (Å²) in [5.41, 5.74) is 3.84. The lowest BCUT2D eigenvalue weighted by Crippen LogP contribution is -2.32. The van der Waals surface area contributed by atoms with Crippen LogP contribution in [0.25, 0.3) is 11.1 Å². The largest absolute Gasteiger partial charge is 0.507 e. The molecule has 0 aromatic heterocycles. The number of aliphatic hydroxyl groups excluding tert-OH is 2. The van der Waals surface area contributed by atoms with Gasteiger partial charge in [-0.25, -0.2) is 0 Å². The third-order valence-electron chi connectivity index (χ3n) is 9.03. The number of fused-ring (bicyclic) bond motifs is 1. The normalized spacial score (nSPS) is 18.3. The molecule has 3 atom stereocenters. The third kappa shape index (κ3) is 8.50. The Morgan fingerprint density at radius 2 is 1.81 bits per heavy atom. The van der Waals surface area contributed by atoms with E-state index in [1.807, 2.05) is 18.2 Å². The van der Waals surface area contributed by atoms with Crippen LogP contribution in [0.5, 0.6) is 11.5 Å². The maximum atomic E-state index is 13.4. The zero-order valence-electron chi connectivity index (χ0n) is 25.4. The molecular formula is C34H51NO8. The summed E-state index contributed by atoms with van der Waals surface area (Å²) in [6.45, 7) is 1.48. The fraction of sp³-hybridized carbons (Fsp3) is 0.559. The second-order valence-electron chi connectivity index (χ2n) is 12.1. The molecule has 1 fully saturated rings. The van der Waals surface area contributed by atoms with Crippen molar-refractivity contribution in [1.29, 1.82) is 0 Å². The van der Waals surface area contributed by atoms with Crippen LogP contribution in [0.3, 0.4) is 0 Å². The molecule has 0 spiro atoms. The van der Waals surface area contributed by atoms with E-state index in [1.54, 1.807) is 13.2 Å². The molecule has 2 aromatic carbocycles. The molecule has 240 valence electrons. The minimum absolute atomic E-state index is 0. The van der Waals surface area contributed by atoms with Gasteiger partial charge in [0.25, 0.3) is 0 Å². The zero-order valence-corrected chi connectivity index (χ0v) is 25.4. The highest BCUT2D eigenvalue weighted by atomic mass is 16.5. The average Bonchev–Trinajstić information content (AvgIpc) is 2.96. The number of carbonyl (C=O) groups is 3. The van der Waals surface area contributed by atoms with Crippen LogP contribution in [0.15, 0.2) is 30.3 Å². The number of ketones is 3. The second-order valence-corrected chi connectivity index (χ2v) is 12.1. The third-order valence-corrected chi connectivity index (χ3v) is 9.03. The van der Waals surface area contributed by atoms with Crippen LogP contribution < -0.4 is 10.1 Å². The van der Waals surface area contributed by atoms with Crippen molar-refractivity contribution in [3.05, 3.63) is 47.0 Å². The van der Waals surface area contributed by atoms with Gasteiger partial charge in [-0.15, -0.1) is 0 Å². The molecule has 9 heteroatoms. The Balaban J connectivity index is 0.00000337. The van der Waals surface area contributed by atoms with Gasteiger partial charge in [0.05, 0.1) is 25.7 Å². The van der Waals surface area contributed by atoms with Crippen molar-refractivity contribution in [2.24, 2.45) is 17.8 Å². The average molecular weight is 602 g/mol. The first-order valence-electron chi connectivity index (χ1n) is 15.3. The number of Topliss-reactive ketones (excluding diaryl/α,β-unsaturated/α-hetero) is 3. The van der Waals surface area contributed by atoms with E-state index in [2.05, 4.69) is 11.4 Å². The first-order chi connectivity index (χ1) is 20.2. The predicted molar refractivity (Wildman–Crippen MR) is 168 cm³/mol. The summed E-state index contributed by atoms with van der Waals surface area (Å²) in [6, 6.07) is 9.99. The summed E-state index contributed by atoms with van der Waals surface area (Å²) >= 11 is 0. The van der Waals surface area contributed by atoms with Gasteiger partial charge in [-0.05, 0) is 85.8 Å². The van der Waals surface area contributed by atoms with E-state index in [0.29, 0.717) is 30.2 Å². The number of nitrogens with one attached hydrogen (secondary N) is 1. The number of carbonyl (C=O) groups excluding carboxylic acids is 3. The summed E-state index contributed by atoms with van der Waals surface area (Å²) < 4.78 is 5.74. The van der Waals surface area contributed by atoms with Gasteiger partial charge in [-0.3, -0.25) is 14.4 Å². The number of aliphatic hydroxyl groups is 2. The predicted octanol–water partition coefficient (Wildman–Crippen LogP) is 4.45. The molecule has 2 aliphatic carbocycles. The number of rotatable bonds is 14. The van der Waals surface area contributed by atoms with Gasteiger partial charge in [0.15, 0.2) is 5.78 Å². The molecule has 0 amide bonds. The van der Waals surface area contributed by atoms with Gasteiger partial charge in [-0.1, -0.05) is 31.4 Å². The molecule has 1 saturated carbocycles. The Hall–Kier alpha value is -3.11. The molecule has 2 aromatic rings. The van der Waals surface area contributed by atoms with Crippen LogP contribution in [-0.4, -0.2) is 64.5 Å². The van der Waals surface area contributed by atoms with E-state index >= 15 is 0 Å². The van der Waals surface area contributed by atoms with Gasteiger partial charge in [0, 0.05) is 39.9 Å². The van der Waals surface area contributed by atoms with E-state index in [-0.39, 0.29) is 69.1 Å². The molecule has 9 nitrogen and oxygen atoms in total. The summed E-state index contributed by atoms with van der Waals surface area (Å²) in [7, 11) is 1.62. The molecule has 0 bridgehead atoms. The quantitative estimate of drug-likeness (QED) is 0.231. The number of aromatic hydroxyl groups is 1. The highest BCUT2D eigenvalue weighted by Crippen LogP contribution is 2.43. The Kier molecular flexibility index (Phi) is 12.9. The van der Waals surface area contributed by atoms with Crippen LogP contribution in [0.2, 0.25) is 0 Å². The van der Waals surface area contributed by atoms with E-state index < -0.39 is 12.5 Å². The van der Waals surface area contributed by atoms with Crippen LogP contribution in [0.1, 0.15) is 89.0 Å². The lowest BCUT2D eigenvalue weighted by Gasteiger charge is -2.32. The minimum atomic E-state index is -0.783. The van der Waals surface area contributed by atoms with Crippen LogP contribution in [0.4, 0.5) is 0 Å². The molecule has 0 heterocycles. The summed E-state index contributed by atoms with van der Waals surface area (Å²) in [6.07, 6.45) is 7.30. The number of methoxy groups -OCH3 is 1. The molecule has 0 radical (unpaired) electrons. The number of hydrogen-bond donors (Lipinski definition) is 4. The van der Waals surface area contributed by atoms with Gasteiger partial charge < -0.3 is 30.8 Å². The van der Waals surface area contributed by atoms with Crippen molar-refractivity contribution >= 4 is 17.3 Å². The number of hydrogen-bond acceptors (Lipinski definition) is 8. The van der Waals surface area contributed by atoms with Crippen LogP contribution in [-0.2, 0) is 22.6 Å². The fourth-order valence-electron chi connectivity index (χ4n) is 6.91.